The number of benzene rings is 1. The van der Waals surface area contributed by atoms with Crippen LogP contribution in [0.25, 0.3) is 0 Å². The number of piperazine rings is 1. The van der Waals surface area contributed by atoms with E-state index >= 15 is 0 Å². The van der Waals surface area contributed by atoms with E-state index in [-0.39, 0.29) is 0 Å². The summed E-state index contributed by atoms with van der Waals surface area (Å²) in [5, 5.41) is 0. The van der Waals surface area contributed by atoms with Crippen molar-refractivity contribution in [3.05, 3.63) is 35.9 Å². The molecule has 1 fully saturated rings. The lowest BCUT2D eigenvalue weighted by Crippen LogP contribution is -2.58. The van der Waals surface area contributed by atoms with E-state index in [0.717, 1.165) is 32.5 Å². The lowest BCUT2D eigenvalue weighted by atomic mass is 10.1. The third-order valence-corrected chi connectivity index (χ3v) is 4.42. The van der Waals surface area contributed by atoms with Crippen molar-refractivity contribution < 1.29 is 4.79 Å². The molecule has 1 heterocycles. The van der Waals surface area contributed by atoms with Gasteiger partial charge in [0.05, 0.1) is 0 Å². The molecule has 3 nitrogen and oxygen atoms in total. The molecule has 21 heavy (non-hydrogen) atoms. The van der Waals surface area contributed by atoms with Gasteiger partial charge in [0.1, 0.15) is 0 Å². The van der Waals surface area contributed by atoms with Gasteiger partial charge in [0, 0.05) is 38.1 Å². The molecule has 1 aromatic rings. The number of amides is 1. The van der Waals surface area contributed by atoms with E-state index in [1.165, 1.54) is 5.56 Å². The standard InChI is InChI=1S/C18H28N2O/c1-4-8-18(21)19-13-15(2)20(16(3)14-19)12-11-17-9-6-5-7-10-17/h5-7,9-10,15-16H,4,8,11-14H2,1-3H3. The van der Waals surface area contributed by atoms with Crippen molar-refractivity contribution in [3.8, 4) is 0 Å². The van der Waals surface area contributed by atoms with Gasteiger partial charge in [0.25, 0.3) is 0 Å². The van der Waals surface area contributed by atoms with Crippen molar-refractivity contribution in [2.75, 3.05) is 19.6 Å². The fourth-order valence-corrected chi connectivity index (χ4v) is 3.28. The van der Waals surface area contributed by atoms with Crippen molar-refractivity contribution in [1.82, 2.24) is 9.80 Å². The number of hydrogen-bond acceptors (Lipinski definition) is 2. The van der Waals surface area contributed by atoms with Crippen LogP contribution in [0.1, 0.15) is 39.2 Å². The normalized spacial score (nSPS) is 23.3. The smallest absolute Gasteiger partial charge is 0.222 e. The van der Waals surface area contributed by atoms with E-state index in [0.29, 0.717) is 24.4 Å². The molecule has 0 saturated carbocycles. The summed E-state index contributed by atoms with van der Waals surface area (Å²) in [5.74, 6) is 0.318. The third-order valence-electron chi connectivity index (χ3n) is 4.42. The van der Waals surface area contributed by atoms with E-state index in [1.54, 1.807) is 0 Å². The Morgan fingerprint density at radius 1 is 1.14 bits per heavy atom. The van der Waals surface area contributed by atoms with Crippen LogP contribution in [0.4, 0.5) is 0 Å². The van der Waals surface area contributed by atoms with Crippen molar-refractivity contribution in [1.29, 1.82) is 0 Å². The molecule has 1 aromatic carbocycles. The molecule has 0 radical (unpaired) electrons. The second-order valence-electron chi connectivity index (χ2n) is 6.22. The molecular weight excluding hydrogens is 260 g/mol. The van der Waals surface area contributed by atoms with E-state index < -0.39 is 0 Å². The number of nitrogens with zero attached hydrogens (tertiary/aromatic N) is 2. The topological polar surface area (TPSA) is 23.6 Å². The molecule has 0 spiro atoms. The maximum Gasteiger partial charge on any atom is 0.222 e. The van der Waals surface area contributed by atoms with Gasteiger partial charge in [-0.3, -0.25) is 9.69 Å². The van der Waals surface area contributed by atoms with Gasteiger partial charge in [0.15, 0.2) is 0 Å². The minimum Gasteiger partial charge on any atom is -0.340 e. The van der Waals surface area contributed by atoms with Gasteiger partial charge in [0.2, 0.25) is 5.91 Å². The summed E-state index contributed by atoms with van der Waals surface area (Å²) in [6.07, 6.45) is 2.71. The molecule has 0 aliphatic carbocycles. The zero-order chi connectivity index (χ0) is 15.2. The van der Waals surface area contributed by atoms with Gasteiger partial charge in [-0.05, 0) is 32.3 Å². The van der Waals surface area contributed by atoms with Crippen LogP contribution in [0.3, 0.4) is 0 Å². The molecule has 116 valence electrons. The SMILES string of the molecule is CCCC(=O)N1CC(C)N(CCc2ccccc2)C(C)C1. The lowest BCUT2D eigenvalue weighted by Gasteiger charge is -2.44. The summed E-state index contributed by atoms with van der Waals surface area (Å²) in [7, 11) is 0. The van der Waals surface area contributed by atoms with Crippen molar-refractivity contribution >= 4 is 5.91 Å². The van der Waals surface area contributed by atoms with Crippen LogP contribution in [0.2, 0.25) is 0 Å². The Morgan fingerprint density at radius 3 is 2.33 bits per heavy atom. The maximum absolute atomic E-state index is 12.1. The van der Waals surface area contributed by atoms with E-state index in [1.807, 2.05) is 0 Å². The molecule has 0 aromatic heterocycles. The van der Waals surface area contributed by atoms with Crippen LogP contribution in [-0.2, 0) is 11.2 Å². The van der Waals surface area contributed by atoms with E-state index in [2.05, 4.69) is 60.9 Å². The summed E-state index contributed by atoms with van der Waals surface area (Å²) in [6, 6.07) is 11.5. The summed E-state index contributed by atoms with van der Waals surface area (Å²) in [6.45, 7) is 9.37. The molecule has 2 atom stereocenters. The van der Waals surface area contributed by atoms with Gasteiger partial charge in [-0.15, -0.1) is 0 Å². The highest BCUT2D eigenvalue weighted by Gasteiger charge is 2.30. The molecule has 0 N–H and O–H groups in total. The van der Waals surface area contributed by atoms with Crippen molar-refractivity contribution in [3.63, 3.8) is 0 Å². The van der Waals surface area contributed by atoms with Crippen molar-refractivity contribution in [2.24, 2.45) is 0 Å². The van der Waals surface area contributed by atoms with Gasteiger partial charge in [-0.2, -0.15) is 0 Å². The van der Waals surface area contributed by atoms with E-state index in [9.17, 15) is 4.79 Å². The predicted octanol–water partition coefficient (Wildman–Crippen LogP) is 2.95. The molecule has 1 aliphatic heterocycles. The molecule has 1 amide bonds. The minimum absolute atomic E-state index is 0.318. The molecule has 2 unspecified atom stereocenters. The first kappa shape index (κ1) is 16.0. The zero-order valence-electron chi connectivity index (χ0n) is 13.6. The van der Waals surface area contributed by atoms with Gasteiger partial charge in [-0.1, -0.05) is 37.3 Å². The largest absolute Gasteiger partial charge is 0.340 e. The van der Waals surface area contributed by atoms with Crippen LogP contribution in [0, 0.1) is 0 Å². The van der Waals surface area contributed by atoms with Gasteiger partial charge < -0.3 is 4.90 Å². The number of carbonyl (C=O) groups excluding carboxylic acids is 1. The highest BCUT2D eigenvalue weighted by molar-refractivity contribution is 5.76. The van der Waals surface area contributed by atoms with E-state index in [4.69, 9.17) is 0 Å². The Hall–Kier alpha value is -1.35. The number of rotatable bonds is 5. The molecule has 1 aliphatic rings. The van der Waals surface area contributed by atoms with Gasteiger partial charge >= 0.3 is 0 Å². The third kappa shape index (κ3) is 4.31. The average molecular weight is 288 g/mol. The monoisotopic (exact) mass is 288 g/mol. The first-order chi connectivity index (χ1) is 10.1. The number of carbonyl (C=O) groups is 1. The lowest BCUT2D eigenvalue weighted by molar-refractivity contribution is -0.135. The maximum atomic E-state index is 12.1. The number of hydrogen-bond donors (Lipinski definition) is 0. The summed E-state index contributed by atoms with van der Waals surface area (Å²) >= 11 is 0. The molecule has 0 bridgehead atoms. The van der Waals surface area contributed by atoms with Crippen LogP contribution in [0.5, 0.6) is 0 Å². The molecule has 3 heteroatoms. The Morgan fingerprint density at radius 2 is 1.76 bits per heavy atom. The highest BCUT2D eigenvalue weighted by Crippen LogP contribution is 2.17. The Kier molecular flexibility index (Phi) is 5.80. The predicted molar refractivity (Wildman–Crippen MR) is 87.3 cm³/mol. The van der Waals surface area contributed by atoms with Gasteiger partial charge in [-0.25, -0.2) is 0 Å². The summed E-state index contributed by atoms with van der Waals surface area (Å²) < 4.78 is 0. The average Bonchev–Trinajstić information content (AvgIpc) is 2.47. The zero-order valence-corrected chi connectivity index (χ0v) is 13.6. The quantitative estimate of drug-likeness (QED) is 0.831. The second kappa shape index (κ2) is 7.60. The van der Waals surface area contributed by atoms with Crippen LogP contribution >= 0.6 is 0 Å². The Balaban J connectivity index is 1.89. The highest BCUT2D eigenvalue weighted by atomic mass is 16.2. The molecule has 1 saturated heterocycles. The fourth-order valence-electron chi connectivity index (χ4n) is 3.28. The molecule has 2 rings (SSSR count). The first-order valence-corrected chi connectivity index (χ1v) is 8.19. The fraction of sp³-hybridized carbons (Fsp3) is 0.611. The summed E-state index contributed by atoms with van der Waals surface area (Å²) in [5.41, 5.74) is 1.39. The van der Waals surface area contributed by atoms with Crippen LogP contribution in [-0.4, -0.2) is 47.4 Å². The van der Waals surface area contributed by atoms with Crippen LogP contribution < -0.4 is 0 Å². The Labute approximate surface area is 128 Å². The molecular formula is C18H28N2O. The Bertz CT molecular complexity index is 434. The first-order valence-electron chi connectivity index (χ1n) is 8.19. The summed E-state index contributed by atoms with van der Waals surface area (Å²) in [4.78, 5) is 16.7. The van der Waals surface area contributed by atoms with Crippen LogP contribution in [0.15, 0.2) is 30.3 Å². The minimum atomic E-state index is 0.318. The second-order valence-corrected chi connectivity index (χ2v) is 6.22. The van der Waals surface area contributed by atoms with Crippen molar-refractivity contribution in [2.45, 2.75) is 52.1 Å².